The zero-order chi connectivity index (χ0) is 13.7. The third-order valence-corrected chi connectivity index (χ3v) is 4.31. The molecule has 0 bridgehead atoms. The molecule has 0 unspecified atom stereocenters. The fourth-order valence-electron chi connectivity index (χ4n) is 1.67. The van der Waals surface area contributed by atoms with Gasteiger partial charge in [-0.1, -0.05) is 6.92 Å². The molecule has 0 fully saturated rings. The quantitative estimate of drug-likeness (QED) is 0.832. The molecular weight excluding hydrogens is 324 g/mol. The first-order valence-corrected chi connectivity index (χ1v) is 7.85. The van der Waals surface area contributed by atoms with E-state index in [1.165, 1.54) is 4.88 Å². The van der Waals surface area contributed by atoms with E-state index in [4.69, 9.17) is 0 Å². The van der Waals surface area contributed by atoms with Crippen molar-refractivity contribution in [1.82, 2.24) is 9.97 Å². The van der Waals surface area contributed by atoms with Crippen LogP contribution in [0.3, 0.4) is 0 Å². The Balaban J connectivity index is 2.03. The Kier molecular flexibility index (Phi) is 5.15. The predicted molar refractivity (Wildman–Crippen MR) is 84.9 cm³/mol. The fourth-order valence-corrected chi connectivity index (χ4v) is 3.09. The Labute approximate surface area is 125 Å². The van der Waals surface area contributed by atoms with Crippen molar-refractivity contribution in [2.45, 2.75) is 26.8 Å². The molecule has 0 radical (unpaired) electrons. The largest absolute Gasteiger partial charge is 0.370 e. The van der Waals surface area contributed by atoms with Gasteiger partial charge in [0.1, 0.15) is 18.0 Å². The maximum Gasteiger partial charge on any atom is 0.134 e. The lowest BCUT2D eigenvalue weighted by molar-refractivity contribution is 0.957. The topological polar surface area (TPSA) is 49.8 Å². The van der Waals surface area contributed by atoms with E-state index in [-0.39, 0.29) is 0 Å². The molecule has 2 aromatic heterocycles. The lowest BCUT2D eigenvalue weighted by Gasteiger charge is -2.11. The minimum atomic E-state index is 0.779. The lowest BCUT2D eigenvalue weighted by atomic mass is 10.3. The molecule has 0 aliphatic carbocycles. The van der Waals surface area contributed by atoms with Crippen LogP contribution in [0.25, 0.3) is 0 Å². The number of nitrogens with zero attached hydrogens (tertiary/aromatic N) is 2. The smallest absolute Gasteiger partial charge is 0.134 e. The summed E-state index contributed by atoms with van der Waals surface area (Å²) >= 11 is 5.19. The summed E-state index contributed by atoms with van der Waals surface area (Å²) in [5.41, 5.74) is 1.06. The third kappa shape index (κ3) is 3.91. The highest BCUT2D eigenvalue weighted by atomic mass is 79.9. The van der Waals surface area contributed by atoms with Crippen LogP contribution in [0.15, 0.2) is 22.2 Å². The fraction of sp³-hybridized carbons (Fsp3) is 0.385. The number of thiophene rings is 1. The minimum absolute atomic E-state index is 0.779. The molecule has 19 heavy (non-hydrogen) atoms. The van der Waals surface area contributed by atoms with Crippen LogP contribution in [0.4, 0.5) is 11.6 Å². The van der Waals surface area contributed by atoms with E-state index in [1.54, 1.807) is 17.7 Å². The van der Waals surface area contributed by atoms with Crippen LogP contribution in [0.5, 0.6) is 0 Å². The van der Waals surface area contributed by atoms with Crippen LogP contribution >= 0.6 is 27.3 Å². The molecule has 0 saturated carbocycles. The van der Waals surface area contributed by atoms with Gasteiger partial charge >= 0.3 is 0 Å². The van der Waals surface area contributed by atoms with Crippen molar-refractivity contribution >= 4 is 38.9 Å². The van der Waals surface area contributed by atoms with E-state index in [9.17, 15) is 0 Å². The molecule has 0 aliphatic heterocycles. The highest BCUT2D eigenvalue weighted by Crippen LogP contribution is 2.24. The van der Waals surface area contributed by atoms with Gasteiger partial charge in [-0.15, -0.1) is 11.3 Å². The van der Waals surface area contributed by atoms with Gasteiger partial charge in [-0.2, -0.15) is 0 Å². The third-order valence-electron chi connectivity index (χ3n) is 2.69. The summed E-state index contributed by atoms with van der Waals surface area (Å²) in [4.78, 5) is 9.84. The molecule has 0 aromatic carbocycles. The zero-order valence-corrected chi connectivity index (χ0v) is 13.4. The van der Waals surface area contributed by atoms with Gasteiger partial charge in [0.15, 0.2) is 0 Å². The Morgan fingerprint density at radius 1 is 1.21 bits per heavy atom. The van der Waals surface area contributed by atoms with Gasteiger partial charge in [0.2, 0.25) is 0 Å². The van der Waals surface area contributed by atoms with Crippen molar-refractivity contribution < 1.29 is 0 Å². The molecule has 0 atom stereocenters. The van der Waals surface area contributed by atoms with Crippen LogP contribution in [-0.4, -0.2) is 16.5 Å². The van der Waals surface area contributed by atoms with E-state index in [2.05, 4.69) is 55.6 Å². The second-order valence-corrected chi connectivity index (χ2v) is 6.73. The molecule has 4 nitrogen and oxygen atoms in total. The Morgan fingerprint density at radius 3 is 2.58 bits per heavy atom. The van der Waals surface area contributed by atoms with E-state index < -0.39 is 0 Å². The maximum absolute atomic E-state index is 4.30. The van der Waals surface area contributed by atoms with Gasteiger partial charge < -0.3 is 10.6 Å². The van der Waals surface area contributed by atoms with E-state index >= 15 is 0 Å². The first kappa shape index (κ1) is 14.3. The Bertz CT molecular complexity index is 541. The predicted octanol–water partition coefficient (Wildman–Crippen LogP) is 4.04. The van der Waals surface area contributed by atoms with Gasteiger partial charge in [0, 0.05) is 17.0 Å². The lowest BCUT2D eigenvalue weighted by Crippen LogP contribution is -2.08. The van der Waals surface area contributed by atoms with Crippen molar-refractivity contribution in [2.75, 3.05) is 17.2 Å². The average molecular weight is 341 g/mol. The number of anilines is 2. The van der Waals surface area contributed by atoms with Crippen molar-refractivity contribution in [2.24, 2.45) is 0 Å². The van der Waals surface area contributed by atoms with Gasteiger partial charge in [0.05, 0.1) is 10.3 Å². The number of nitrogens with one attached hydrogen (secondary N) is 2. The molecule has 2 heterocycles. The molecular formula is C13H17BrN4S. The number of aromatic nitrogens is 2. The summed E-state index contributed by atoms with van der Waals surface area (Å²) in [6, 6.07) is 4.16. The summed E-state index contributed by atoms with van der Waals surface area (Å²) in [7, 11) is 0. The molecule has 0 amide bonds. The van der Waals surface area contributed by atoms with Gasteiger partial charge in [-0.25, -0.2) is 9.97 Å². The molecule has 0 spiro atoms. The first-order valence-electron chi connectivity index (χ1n) is 6.24. The van der Waals surface area contributed by atoms with E-state index in [1.807, 2.05) is 6.92 Å². The van der Waals surface area contributed by atoms with Crippen LogP contribution in [0.2, 0.25) is 0 Å². The summed E-state index contributed by atoms with van der Waals surface area (Å²) < 4.78 is 1.15. The maximum atomic E-state index is 4.30. The molecule has 102 valence electrons. The second kappa shape index (κ2) is 6.86. The number of rotatable bonds is 6. The molecule has 0 aliphatic rings. The standard InChI is InChI=1S/C13H17BrN4S/c1-3-6-15-12-9(2)13(18-8-17-12)16-7-10-4-5-11(14)19-10/h4-5,8H,3,6-7H2,1-2H3,(H2,15,16,17,18). The second-order valence-electron chi connectivity index (χ2n) is 4.18. The van der Waals surface area contributed by atoms with Crippen LogP contribution in [0, 0.1) is 6.92 Å². The van der Waals surface area contributed by atoms with Crippen LogP contribution in [-0.2, 0) is 6.54 Å². The summed E-state index contributed by atoms with van der Waals surface area (Å²) in [5, 5.41) is 6.67. The molecule has 0 saturated heterocycles. The zero-order valence-electron chi connectivity index (χ0n) is 11.0. The van der Waals surface area contributed by atoms with Crippen molar-refractivity contribution in [1.29, 1.82) is 0 Å². The van der Waals surface area contributed by atoms with Gasteiger partial charge in [-0.05, 0) is 41.4 Å². The molecule has 6 heteroatoms. The first-order chi connectivity index (χ1) is 9.20. The molecule has 2 rings (SSSR count). The summed E-state index contributed by atoms with van der Waals surface area (Å²) in [6.45, 7) is 5.87. The van der Waals surface area contributed by atoms with Gasteiger partial charge in [0.25, 0.3) is 0 Å². The average Bonchev–Trinajstić information content (AvgIpc) is 2.82. The van der Waals surface area contributed by atoms with Crippen LogP contribution in [0.1, 0.15) is 23.8 Å². The number of hydrogen-bond donors (Lipinski definition) is 2. The highest BCUT2D eigenvalue weighted by Gasteiger charge is 2.06. The summed E-state index contributed by atoms with van der Waals surface area (Å²) in [6.07, 6.45) is 2.67. The van der Waals surface area contributed by atoms with Crippen molar-refractivity contribution in [3.8, 4) is 0 Å². The molecule has 2 N–H and O–H groups in total. The Morgan fingerprint density at radius 2 is 1.95 bits per heavy atom. The number of hydrogen-bond acceptors (Lipinski definition) is 5. The van der Waals surface area contributed by atoms with Gasteiger partial charge in [-0.3, -0.25) is 0 Å². The SMILES string of the molecule is CCCNc1ncnc(NCc2ccc(Br)s2)c1C. The minimum Gasteiger partial charge on any atom is -0.370 e. The highest BCUT2D eigenvalue weighted by molar-refractivity contribution is 9.11. The monoisotopic (exact) mass is 340 g/mol. The van der Waals surface area contributed by atoms with Crippen LogP contribution < -0.4 is 10.6 Å². The number of halogens is 1. The van der Waals surface area contributed by atoms with Crippen molar-refractivity contribution in [3.63, 3.8) is 0 Å². The Hall–Kier alpha value is -1.14. The van der Waals surface area contributed by atoms with Crippen molar-refractivity contribution in [3.05, 3.63) is 32.7 Å². The summed E-state index contributed by atoms with van der Waals surface area (Å²) in [5.74, 6) is 1.80. The normalized spacial score (nSPS) is 10.5. The van der Waals surface area contributed by atoms with E-state index in [0.717, 1.165) is 40.5 Å². The molecule has 2 aromatic rings. The van der Waals surface area contributed by atoms with E-state index in [0.29, 0.717) is 0 Å².